The molecule has 2 unspecified atom stereocenters. The minimum atomic E-state index is 0.0532. The summed E-state index contributed by atoms with van der Waals surface area (Å²) in [5.41, 5.74) is 1.14. The first-order chi connectivity index (χ1) is 6.66. The first-order valence-electron chi connectivity index (χ1n) is 4.39. The Morgan fingerprint density at radius 2 is 2.00 bits per heavy atom. The molecule has 1 saturated heterocycles. The summed E-state index contributed by atoms with van der Waals surface area (Å²) in [4.78, 5) is 11.1. The number of rotatable bonds is 1. The highest BCUT2D eigenvalue weighted by Crippen LogP contribution is 2.37. The van der Waals surface area contributed by atoms with Crippen LogP contribution in [0.5, 0.6) is 0 Å². The predicted octanol–water partition coefficient (Wildman–Crippen LogP) is 3.23. The van der Waals surface area contributed by atoms with Gasteiger partial charge in [0, 0.05) is 11.1 Å². The minimum absolute atomic E-state index is 0.0532. The molecule has 0 aromatic heterocycles. The number of halogens is 1. The molecule has 0 saturated carbocycles. The molecule has 2 rings (SSSR count). The maximum atomic E-state index is 11.1. The molecule has 1 N–H and O–H groups in total. The van der Waals surface area contributed by atoms with E-state index in [4.69, 9.17) is 11.6 Å². The summed E-state index contributed by atoms with van der Waals surface area (Å²) in [5, 5.41) is 3.86. The van der Waals surface area contributed by atoms with E-state index in [1.807, 2.05) is 31.2 Å². The third kappa shape index (κ3) is 1.88. The lowest BCUT2D eigenvalue weighted by molar-refractivity contribution is 0.260. The third-order valence-corrected chi connectivity index (χ3v) is 3.75. The lowest BCUT2D eigenvalue weighted by atomic mass is 10.1. The summed E-state index contributed by atoms with van der Waals surface area (Å²) in [6.45, 7) is 2.01. The van der Waals surface area contributed by atoms with Crippen LogP contribution in [-0.2, 0) is 0 Å². The van der Waals surface area contributed by atoms with E-state index < -0.39 is 0 Å². The third-order valence-electron chi connectivity index (χ3n) is 2.23. The van der Waals surface area contributed by atoms with Crippen molar-refractivity contribution in [2.45, 2.75) is 18.2 Å². The lowest BCUT2D eigenvalue weighted by Crippen LogP contribution is -2.23. The highest BCUT2D eigenvalue weighted by Gasteiger charge is 2.30. The van der Waals surface area contributed by atoms with Gasteiger partial charge in [0.25, 0.3) is 5.24 Å². The standard InChI is InChI=1S/C10H10ClNOS/c1-6-9(14-10(13)12-6)7-2-4-8(11)5-3-7/h2-6,9H,1H3,(H,12,13). The smallest absolute Gasteiger partial charge is 0.279 e. The van der Waals surface area contributed by atoms with Gasteiger partial charge >= 0.3 is 0 Å². The molecular weight excluding hydrogens is 218 g/mol. The fourth-order valence-electron chi connectivity index (χ4n) is 1.52. The molecule has 14 heavy (non-hydrogen) atoms. The van der Waals surface area contributed by atoms with Gasteiger partial charge in [-0.3, -0.25) is 4.79 Å². The van der Waals surface area contributed by atoms with Gasteiger partial charge in [-0.25, -0.2) is 0 Å². The van der Waals surface area contributed by atoms with Gasteiger partial charge in [0.2, 0.25) is 0 Å². The highest BCUT2D eigenvalue weighted by molar-refractivity contribution is 8.14. The van der Waals surface area contributed by atoms with Crippen LogP contribution in [0.1, 0.15) is 17.7 Å². The molecule has 1 fully saturated rings. The van der Waals surface area contributed by atoms with E-state index in [0.29, 0.717) is 0 Å². The summed E-state index contributed by atoms with van der Waals surface area (Å²) in [6, 6.07) is 7.83. The normalized spacial score (nSPS) is 26.3. The van der Waals surface area contributed by atoms with Gasteiger partial charge in [0.05, 0.1) is 5.25 Å². The molecule has 2 atom stereocenters. The zero-order valence-corrected chi connectivity index (χ0v) is 9.23. The van der Waals surface area contributed by atoms with Gasteiger partial charge < -0.3 is 5.32 Å². The number of carbonyl (C=O) groups excluding carboxylic acids is 1. The van der Waals surface area contributed by atoms with E-state index in [9.17, 15) is 4.79 Å². The Labute approximate surface area is 92.0 Å². The van der Waals surface area contributed by atoms with Crippen molar-refractivity contribution in [3.8, 4) is 0 Å². The molecule has 2 nitrogen and oxygen atoms in total. The SMILES string of the molecule is CC1NC(=O)SC1c1ccc(Cl)cc1. The monoisotopic (exact) mass is 227 g/mol. The second-order valence-electron chi connectivity index (χ2n) is 3.31. The zero-order valence-electron chi connectivity index (χ0n) is 7.66. The number of amides is 1. The second kappa shape index (κ2) is 3.83. The van der Waals surface area contributed by atoms with E-state index in [0.717, 1.165) is 10.6 Å². The van der Waals surface area contributed by atoms with Gasteiger partial charge in [-0.05, 0) is 24.6 Å². The molecule has 1 aliphatic heterocycles. The van der Waals surface area contributed by atoms with Crippen molar-refractivity contribution in [2.75, 3.05) is 0 Å². The molecule has 0 spiro atoms. The largest absolute Gasteiger partial charge is 0.343 e. The Balaban J connectivity index is 2.23. The van der Waals surface area contributed by atoms with Crippen LogP contribution >= 0.6 is 23.4 Å². The van der Waals surface area contributed by atoms with Gasteiger partial charge in [-0.2, -0.15) is 0 Å². The van der Waals surface area contributed by atoms with Crippen molar-refractivity contribution in [3.63, 3.8) is 0 Å². The second-order valence-corrected chi connectivity index (χ2v) is 4.86. The maximum Gasteiger partial charge on any atom is 0.279 e. The van der Waals surface area contributed by atoms with Gasteiger partial charge in [0.15, 0.2) is 0 Å². The zero-order chi connectivity index (χ0) is 10.1. The van der Waals surface area contributed by atoms with Crippen LogP contribution in [0.3, 0.4) is 0 Å². The molecule has 1 aliphatic rings. The van der Waals surface area contributed by atoms with Crippen LogP contribution in [0.15, 0.2) is 24.3 Å². The minimum Gasteiger partial charge on any atom is -0.343 e. The van der Waals surface area contributed by atoms with Crippen LogP contribution in [0.4, 0.5) is 4.79 Å². The molecule has 4 heteroatoms. The average Bonchev–Trinajstić information content (AvgIpc) is 2.47. The van der Waals surface area contributed by atoms with Crippen LogP contribution in [0.25, 0.3) is 0 Å². The van der Waals surface area contributed by atoms with Crippen molar-refractivity contribution in [2.24, 2.45) is 0 Å². The maximum absolute atomic E-state index is 11.1. The summed E-state index contributed by atoms with van der Waals surface area (Å²) >= 11 is 7.13. The lowest BCUT2D eigenvalue weighted by Gasteiger charge is -2.12. The van der Waals surface area contributed by atoms with Crippen molar-refractivity contribution in [1.82, 2.24) is 5.32 Å². The van der Waals surface area contributed by atoms with Crippen LogP contribution in [-0.4, -0.2) is 11.3 Å². The van der Waals surface area contributed by atoms with Crippen molar-refractivity contribution < 1.29 is 4.79 Å². The quantitative estimate of drug-likeness (QED) is 0.798. The number of carbonyl (C=O) groups is 1. The molecule has 0 aliphatic carbocycles. The van der Waals surface area contributed by atoms with E-state index in [-0.39, 0.29) is 16.5 Å². The Morgan fingerprint density at radius 1 is 1.36 bits per heavy atom. The van der Waals surface area contributed by atoms with Gasteiger partial charge in [0.1, 0.15) is 0 Å². The molecular formula is C10H10ClNOS. The number of hydrogen-bond donors (Lipinski definition) is 1. The van der Waals surface area contributed by atoms with E-state index in [2.05, 4.69) is 5.32 Å². The summed E-state index contributed by atoms with van der Waals surface area (Å²) in [5.74, 6) is 0. The number of benzene rings is 1. The fraction of sp³-hybridized carbons (Fsp3) is 0.300. The Bertz CT molecular complexity index is 352. The highest BCUT2D eigenvalue weighted by atomic mass is 35.5. The molecule has 0 radical (unpaired) electrons. The van der Waals surface area contributed by atoms with E-state index in [1.54, 1.807) is 0 Å². The molecule has 0 bridgehead atoms. The van der Waals surface area contributed by atoms with Crippen LogP contribution in [0.2, 0.25) is 5.02 Å². The Kier molecular flexibility index (Phi) is 2.70. The number of nitrogens with one attached hydrogen (secondary N) is 1. The molecule has 1 aromatic rings. The summed E-state index contributed by atoms with van der Waals surface area (Å²) in [7, 11) is 0. The van der Waals surface area contributed by atoms with Crippen molar-refractivity contribution >= 4 is 28.6 Å². The first kappa shape index (κ1) is 9.87. The first-order valence-corrected chi connectivity index (χ1v) is 5.65. The predicted molar refractivity (Wildman–Crippen MR) is 59.8 cm³/mol. The topological polar surface area (TPSA) is 29.1 Å². The van der Waals surface area contributed by atoms with Gasteiger partial charge in [-0.15, -0.1) is 0 Å². The Morgan fingerprint density at radius 3 is 2.50 bits per heavy atom. The van der Waals surface area contributed by atoms with Crippen molar-refractivity contribution in [1.29, 1.82) is 0 Å². The fourth-order valence-corrected chi connectivity index (χ4v) is 2.70. The number of thioether (sulfide) groups is 1. The van der Waals surface area contributed by atoms with E-state index >= 15 is 0 Å². The molecule has 74 valence electrons. The van der Waals surface area contributed by atoms with E-state index in [1.165, 1.54) is 11.8 Å². The van der Waals surface area contributed by atoms with Crippen LogP contribution in [0, 0.1) is 0 Å². The molecule has 1 heterocycles. The van der Waals surface area contributed by atoms with Crippen molar-refractivity contribution in [3.05, 3.63) is 34.9 Å². The number of hydrogen-bond acceptors (Lipinski definition) is 2. The van der Waals surface area contributed by atoms with Gasteiger partial charge in [-0.1, -0.05) is 35.5 Å². The summed E-state index contributed by atoms with van der Waals surface area (Å²) in [6.07, 6.45) is 0. The average molecular weight is 228 g/mol. The molecule has 1 aromatic carbocycles. The summed E-state index contributed by atoms with van der Waals surface area (Å²) < 4.78 is 0. The molecule has 1 amide bonds. The Hall–Kier alpha value is -0.670. The van der Waals surface area contributed by atoms with Crippen LogP contribution < -0.4 is 5.32 Å².